The van der Waals surface area contributed by atoms with Gasteiger partial charge in [-0.1, -0.05) is 78.3 Å². The van der Waals surface area contributed by atoms with Crippen molar-refractivity contribution in [2.75, 3.05) is 0 Å². The Bertz CT molecular complexity index is 799. The minimum absolute atomic E-state index is 0.0892. The van der Waals surface area contributed by atoms with E-state index in [1.54, 1.807) is 0 Å². The maximum atomic E-state index is 13.7. The highest BCUT2D eigenvalue weighted by Crippen LogP contribution is 2.50. The summed E-state index contributed by atoms with van der Waals surface area (Å²) in [4.78, 5) is 21.1. The largest absolute Gasteiger partial charge is 0.306 e. The van der Waals surface area contributed by atoms with Crippen LogP contribution in [0.4, 0.5) is 0 Å². The standard InChI is InChI=1S/C28H44N2O/c1-9-23-25(31)30(28(29-23)18-14-22(15-19-28)27(6,7)8)24(16-17-26(3,4)5)21-12-10-20(2)11-13-21/h10-13,22,24H,9,14-19H2,1-8H3. The van der Waals surface area contributed by atoms with Crippen molar-refractivity contribution in [1.82, 2.24) is 4.90 Å². The fraction of sp³-hybridized carbons (Fsp3) is 0.714. The molecule has 172 valence electrons. The molecule has 1 amide bonds. The van der Waals surface area contributed by atoms with Crippen molar-refractivity contribution < 1.29 is 4.79 Å². The number of hydrogen-bond donors (Lipinski definition) is 0. The number of aliphatic imine (C=N–C) groups is 1. The van der Waals surface area contributed by atoms with Crippen molar-refractivity contribution >= 4 is 11.6 Å². The van der Waals surface area contributed by atoms with E-state index >= 15 is 0 Å². The van der Waals surface area contributed by atoms with Gasteiger partial charge in [-0.2, -0.15) is 0 Å². The Hall–Kier alpha value is -1.64. The molecular formula is C28H44N2O. The highest BCUT2D eigenvalue weighted by Gasteiger charge is 2.52. The molecule has 0 radical (unpaired) electrons. The van der Waals surface area contributed by atoms with Crippen LogP contribution in [0.15, 0.2) is 29.3 Å². The van der Waals surface area contributed by atoms with Gasteiger partial charge in [-0.15, -0.1) is 0 Å². The van der Waals surface area contributed by atoms with Gasteiger partial charge in [0.05, 0.1) is 6.04 Å². The summed E-state index contributed by atoms with van der Waals surface area (Å²) in [5.74, 6) is 0.875. The molecule has 0 saturated heterocycles. The van der Waals surface area contributed by atoms with Gasteiger partial charge >= 0.3 is 0 Å². The smallest absolute Gasteiger partial charge is 0.270 e. The number of amides is 1. The van der Waals surface area contributed by atoms with Crippen molar-refractivity contribution in [3.05, 3.63) is 35.4 Å². The molecule has 3 heteroatoms. The molecule has 1 atom stereocenters. The summed E-state index contributed by atoms with van der Waals surface area (Å²) < 4.78 is 0. The Kier molecular flexibility index (Phi) is 6.75. The number of rotatable bonds is 5. The minimum Gasteiger partial charge on any atom is -0.306 e. The third kappa shape index (κ3) is 5.23. The molecule has 1 spiro atoms. The number of carbonyl (C=O) groups is 1. The Morgan fingerprint density at radius 1 is 1.06 bits per heavy atom. The topological polar surface area (TPSA) is 32.7 Å². The van der Waals surface area contributed by atoms with Gasteiger partial charge in [-0.05, 0) is 74.2 Å². The first-order chi connectivity index (χ1) is 14.4. The third-order valence-electron chi connectivity index (χ3n) is 7.54. The summed E-state index contributed by atoms with van der Waals surface area (Å²) in [5, 5.41) is 0. The normalized spacial score (nSPS) is 25.8. The van der Waals surface area contributed by atoms with E-state index in [1.807, 2.05) is 0 Å². The average Bonchev–Trinajstić information content (AvgIpc) is 2.94. The lowest BCUT2D eigenvalue weighted by molar-refractivity contribution is -0.134. The molecule has 1 heterocycles. The minimum atomic E-state index is -0.350. The SMILES string of the molecule is CCC1=NC2(CCC(C(C)(C)C)CC2)N(C(CCC(C)(C)C)c2ccc(C)cc2)C1=O. The first-order valence-electron chi connectivity index (χ1n) is 12.4. The second-order valence-electron chi connectivity index (χ2n) is 12.2. The van der Waals surface area contributed by atoms with E-state index in [0.29, 0.717) is 11.3 Å². The van der Waals surface area contributed by atoms with Crippen molar-refractivity contribution in [3.63, 3.8) is 0 Å². The first-order valence-corrected chi connectivity index (χ1v) is 12.4. The number of carbonyl (C=O) groups excluding carboxylic acids is 1. The molecule has 1 aliphatic carbocycles. The highest BCUT2D eigenvalue weighted by molar-refractivity contribution is 6.40. The maximum Gasteiger partial charge on any atom is 0.270 e. The average molecular weight is 425 g/mol. The molecule has 1 saturated carbocycles. The Balaban J connectivity index is 1.98. The van der Waals surface area contributed by atoms with Gasteiger partial charge in [-0.25, -0.2) is 0 Å². The van der Waals surface area contributed by atoms with E-state index in [1.165, 1.54) is 11.1 Å². The lowest BCUT2D eigenvalue weighted by Gasteiger charge is -2.48. The van der Waals surface area contributed by atoms with Crippen LogP contribution in [0.1, 0.15) is 111 Å². The molecule has 0 aromatic heterocycles. The van der Waals surface area contributed by atoms with E-state index < -0.39 is 0 Å². The fourth-order valence-electron chi connectivity index (χ4n) is 5.44. The third-order valence-corrected chi connectivity index (χ3v) is 7.54. The van der Waals surface area contributed by atoms with Crippen molar-refractivity contribution in [2.24, 2.45) is 21.7 Å². The summed E-state index contributed by atoms with van der Waals surface area (Å²) in [5.41, 5.74) is 3.50. The summed E-state index contributed by atoms with van der Waals surface area (Å²) in [6, 6.07) is 8.92. The van der Waals surface area contributed by atoms with E-state index in [0.717, 1.165) is 50.7 Å². The number of hydrogen-bond acceptors (Lipinski definition) is 2. The summed E-state index contributed by atoms with van der Waals surface area (Å²) in [6.45, 7) is 18.1. The molecule has 1 unspecified atom stereocenters. The van der Waals surface area contributed by atoms with Gasteiger partial charge in [0.15, 0.2) is 0 Å². The zero-order chi connectivity index (χ0) is 23.0. The number of aryl methyl sites for hydroxylation is 1. The summed E-state index contributed by atoms with van der Waals surface area (Å²) >= 11 is 0. The van der Waals surface area contributed by atoms with Crippen molar-refractivity contribution in [1.29, 1.82) is 0 Å². The van der Waals surface area contributed by atoms with E-state index in [-0.39, 0.29) is 23.0 Å². The molecule has 0 N–H and O–H groups in total. The van der Waals surface area contributed by atoms with Gasteiger partial charge in [0.25, 0.3) is 5.91 Å². The van der Waals surface area contributed by atoms with Gasteiger partial charge in [-0.3, -0.25) is 9.79 Å². The van der Waals surface area contributed by atoms with Crippen molar-refractivity contribution in [3.8, 4) is 0 Å². The van der Waals surface area contributed by atoms with Crippen LogP contribution in [0.2, 0.25) is 0 Å². The van der Waals surface area contributed by atoms with Crippen LogP contribution < -0.4 is 0 Å². The number of nitrogens with zero attached hydrogens (tertiary/aromatic N) is 2. The molecule has 1 aliphatic heterocycles. The molecule has 1 fully saturated rings. The van der Waals surface area contributed by atoms with Gasteiger partial charge in [0, 0.05) is 0 Å². The summed E-state index contributed by atoms with van der Waals surface area (Å²) in [6.07, 6.45) is 7.05. The van der Waals surface area contributed by atoms with Crippen LogP contribution in [0.25, 0.3) is 0 Å². The Morgan fingerprint density at radius 3 is 2.13 bits per heavy atom. The van der Waals surface area contributed by atoms with Crippen LogP contribution in [0.3, 0.4) is 0 Å². The van der Waals surface area contributed by atoms with Crippen LogP contribution in [0.5, 0.6) is 0 Å². The highest BCUT2D eigenvalue weighted by atomic mass is 16.2. The maximum absolute atomic E-state index is 13.7. The van der Waals surface area contributed by atoms with E-state index in [2.05, 4.69) is 84.6 Å². The van der Waals surface area contributed by atoms with Crippen LogP contribution in [0, 0.1) is 23.7 Å². The lowest BCUT2D eigenvalue weighted by Crippen LogP contribution is -2.51. The molecule has 0 bridgehead atoms. The monoisotopic (exact) mass is 424 g/mol. The predicted molar refractivity (Wildman–Crippen MR) is 131 cm³/mol. The lowest BCUT2D eigenvalue weighted by atomic mass is 9.69. The molecular weight excluding hydrogens is 380 g/mol. The second-order valence-corrected chi connectivity index (χ2v) is 12.2. The van der Waals surface area contributed by atoms with E-state index in [9.17, 15) is 4.79 Å². The quantitative estimate of drug-likeness (QED) is 0.482. The molecule has 2 aliphatic rings. The number of benzene rings is 1. The zero-order valence-electron chi connectivity index (χ0n) is 21.2. The van der Waals surface area contributed by atoms with Gasteiger partial charge in [0.1, 0.15) is 11.4 Å². The van der Waals surface area contributed by atoms with Crippen LogP contribution in [-0.4, -0.2) is 22.2 Å². The second kappa shape index (κ2) is 8.71. The molecule has 3 nitrogen and oxygen atoms in total. The van der Waals surface area contributed by atoms with Crippen molar-refractivity contribution in [2.45, 2.75) is 112 Å². The first kappa shape index (κ1) is 24.0. The van der Waals surface area contributed by atoms with Gasteiger partial charge in [0.2, 0.25) is 0 Å². The van der Waals surface area contributed by atoms with E-state index in [4.69, 9.17) is 4.99 Å². The Labute approximate surface area is 190 Å². The van der Waals surface area contributed by atoms with Crippen LogP contribution >= 0.6 is 0 Å². The molecule has 1 aromatic carbocycles. The summed E-state index contributed by atoms with van der Waals surface area (Å²) in [7, 11) is 0. The molecule has 1 aromatic rings. The fourth-order valence-corrected chi connectivity index (χ4v) is 5.44. The van der Waals surface area contributed by atoms with Gasteiger partial charge < -0.3 is 4.90 Å². The van der Waals surface area contributed by atoms with Crippen LogP contribution in [-0.2, 0) is 4.79 Å². The molecule has 31 heavy (non-hydrogen) atoms. The Morgan fingerprint density at radius 2 is 1.65 bits per heavy atom. The zero-order valence-corrected chi connectivity index (χ0v) is 21.2. The predicted octanol–water partition coefficient (Wildman–Crippen LogP) is 7.49. The molecule has 3 rings (SSSR count).